The van der Waals surface area contributed by atoms with Crippen molar-refractivity contribution in [1.82, 2.24) is 4.90 Å². The SMILES string of the molecule is COc1c(Cl)cc(Cl)cc1C1C2=C(CCCC2=O)N(CC(=O)O)C2=C1C(=O)CCC2. The summed E-state index contributed by atoms with van der Waals surface area (Å²) in [7, 11) is 1.48. The van der Waals surface area contributed by atoms with E-state index in [1.807, 2.05) is 0 Å². The quantitative estimate of drug-likeness (QED) is 0.728. The van der Waals surface area contributed by atoms with Gasteiger partial charge in [-0.05, 0) is 37.8 Å². The maximum Gasteiger partial charge on any atom is 0.323 e. The molecule has 1 aromatic rings. The van der Waals surface area contributed by atoms with Crippen LogP contribution in [0.1, 0.15) is 50.0 Å². The Kier molecular flexibility index (Phi) is 5.64. The van der Waals surface area contributed by atoms with E-state index in [-0.39, 0.29) is 18.1 Å². The second-order valence-electron chi connectivity index (χ2n) is 7.70. The van der Waals surface area contributed by atoms with Gasteiger partial charge in [0.15, 0.2) is 11.6 Å². The number of methoxy groups -OCH3 is 1. The van der Waals surface area contributed by atoms with E-state index in [1.165, 1.54) is 7.11 Å². The van der Waals surface area contributed by atoms with Gasteiger partial charge in [0.2, 0.25) is 0 Å². The van der Waals surface area contributed by atoms with E-state index < -0.39 is 11.9 Å². The molecule has 2 aliphatic carbocycles. The molecule has 0 saturated carbocycles. The van der Waals surface area contributed by atoms with Gasteiger partial charge in [-0.2, -0.15) is 0 Å². The Morgan fingerprint density at radius 2 is 1.63 bits per heavy atom. The van der Waals surface area contributed by atoms with Gasteiger partial charge in [-0.3, -0.25) is 14.4 Å². The molecule has 0 unspecified atom stereocenters. The Hall–Kier alpha value is -2.31. The van der Waals surface area contributed by atoms with Crippen molar-refractivity contribution >= 4 is 40.7 Å². The molecule has 1 heterocycles. The molecule has 3 aliphatic rings. The number of rotatable bonds is 4. The predicted octanol–water partition coefficient (Wildman–Crippen LogP) is 4.50. The molecule has 6 nitrogen and oxygen atoms in total. The highest BCUT2D eigenvalue weighted by atomic mass is 35.5. The fourth-order valence-electron chi connectivity index (χ4n) is 4.86. The van der Waals surface area contributed by atoms with Crippen molar-refractivity contribution in [3.8, 4) is 5.75 Å². The first-order valence-corrected chi connectivity index (χ1v) is 10.6. The van der Waals surface area contributed by atoms with E-state index >= 15 is 0 Å². The fourth-order valence-corrected chi connectivity index (χ4v) is 5.45. The van der Waals surface area contributed by atoms with Crippen LogP contribution < -0.4 is 4.74 Å². The molecule has 1 N–H and O–H groups in total. The molecule has 0 saturated heterocycles. The van der Waals surface area contributed by atoms with Gasteiger partial charge in [-0.15, -0.1) is 0 Å². The normalized spacial score (nSPS) is 19.8. The third kappa shape index (κ3) is 3.42. The number of carboxylic acid groups (broad SMARTS) is 1. The van der Waals surface area contributed by atoms with Gasteiger partial charge in [0.25, 0.3) is 0 Å². The summed E-state index contributed by atoms with van der Waals surface area (Å²) in [5.41, 5.74) is 2.87. The monoisotopic (exact) mass is 449 g/mol. The Bertz CT molecular complexity index is 983. The minimum atomic E-state index is -1.01. The van der Waals surface area contributed by atoms with Crippen LogP contribution >= 0.6 is 23.2 Å². The van der Waals surface area contributed by atoms with E-state index in [4.69, 9.17) is 27.9 Å². The molecule has 1 aliphatic heterocycles. The van der Waals surface area contributed by atoms with Crippen LogP contribution in [0.25, 0.3) is 0 Å². The van der Waals surface area contributed by atoms with E-state index in [1.54, 1.807) is 17.0 Å². The highest BCUT2D eigenvalue weighted by Gasteiger charge is 2.44. The summed E-state index contributed by atoms with van der Waals surface area (Å²) >= 11 is 12.7. The molecular formula is C22H21Cl2NO5. The average Bonchev–Trinajstić information content (AvgIpc) is 2.68. The fraction of sp³-hybridized carbons (Fsp3) is 0.409. The van der Waals surface area contributed by atoms with Crippen LogP contribution in [0.2, 0.25) is 10.0 Å². The molecule has 0 bridgehead atoms. The minimum Gasteiger partial charge on any atom is -0.495 e. The van der Waals surface area contributed by atoms with Crippen molar-refractivity contribution < 1.29 is 24.2 Å². The standard InChI is InChI=1S/C22H21Cl2NO5/c1-30-22-12(8-11(23)9-13(22)24)19-20-14(4-2-6-16(20)26)25(10-18(28)29)15-5-3-7-17(27)21(15)19/h8-9,19H,2-7,10H2,1H3,(H,28,29). The zero-order chi connectivity index (χ0) is 21.6. The number of halogens is 2. The summed E-state index contributed by atoms with van der Waals surface area (Å²) in [6.07, 6.45) is 3.14. The lowest BCUT2D eigenvalue weighted by Gasteiger charge is -2.43. The molecule has 0 fully saturated rings. The number of nitrogens with zero attached hydrogens (tertiary/aromatic N) is 1. The van der Waals surface area contributed by atoms with Crippen LogP contribution in [0.3, 0.4) is 0 Å². The second-order valence-corrected chi connectivity index (χ2v) is 8.54. The predicted molar refractivity (Wildman–Crippen MR) is 112 cm³/mol. The van der Waals surface area contributed by atoms with Crippen molar-refractivity contribution in [2.45, 2.75) is 44.4 Å². The Labute approximate surface area is 184 Å². The molecule has 0 aromatic heterocycles. The molecule has 1 aromatic carbocycles. The van der Waals surface area contributed by atoms with Crippen molar-refractivity contribution in [3.05, 3.63) is 50.3 Å². The van der Waals surface area contributed by atoms with E-state index in [0.29, 0.717) is 82.4 Å². The van der Waals surface area contributed by atoms with Crippen LogP contribution in [-0.2, 0) is 14.4 Å². The van der Waals surface area contributed by atoms with Crippen molar-refractivity contribution in [2.24, 2.45) is 0 Å². The number of allylic oxidation sites excluding steroid dienone is 4. The first-order chi connectivity index (χ1) is 14.3. The summed E-state index contributed by atoms with van der Waals surface area (Å²) in [5, 5.41) is 10.2. The Balaban J connectivity index is 2.03. The topological polar surface area (TPSA) is 83.9 Å². The number of ketones is 2. The minimum absolute atomic E-state index is 0.0836. The zero-order valence-electron chi connectivity index (χ0n) is 16.5. The summed E-state index contributed by atoms with van der Waals surface area (Å²) in [5.74, 6) is -1.47. The van der Waals surface area contributed by atoms with Crippen molar-refractivity contribution in [2.75, 3.05) is 13.7 Å². The largest absolute Gasteiger partial charge is 0.495 e. The smallest absolute Gasteiger partial charge is 0.323 e. The maximum atomic E-state index is 13.1. The van der Waals surface area contributed by atoms with E-state index in [2.05, 4.69) is 0 Å². The number of ether oxygens (including phenoxy) is 1. The lowest BCUT2D eigenvalue weighted by Crippen LogP contribution is -2.41. The number of carbonyl (C=O) groups excluding carboxylic acids is 2. The van der Waals surface area contributed by atoms with E-state index in [9.17, 15) is 19.5 Å². The van der Waals surface area contributed by atoms with Crippen LogP contribution in [0.5, 0.6) is 5.75 Å². The molecule has 158 valence electrons. The van der Waals surface area contributed by atoms with Gasteiger partial charge in [-0.1, -0.05) is 23.2 Å². The Morgan fingerprint density at radius 1 is 1.07 bits per heavy atom. The molecule has 0 spiro atoms. The van der Waals surface area contributed by atoms with Crippen LogP contribution in [0.15, 0.2) is 34.7 Å². The third-order valence-electron chi connectivity index (χ3n) is 5.93. The zero-order valence-corrected chi connectivity index (χ0v) is 18.0. The van der Waals surface area contributed by atoms with Crippen LogP contribution in [0, 0.1) is 0 Å². The van der Waals surface area contributed by atoms with Gasteiger partial charge in [0.1, 0.15) is 12.3 Å². The van der Waals surface area contributed by atoms with Crippen LogP contribution in [0.4, 0.5) is 0 Å². The summed E-state index contributed by atoms with van der Waals surface area (Å²) in [4.78, 5) is 39.5. The lowest BCUT2D eigenvalue weighted by molar-refractivity contribution is -0.138. The highest BCUT2D eigenvalue weighted by molar-refractivity contribution is 6.35. The maximum absolute atomic E-state index is 13.1. The number of carboxylic acids is 1. The van der Waals surface area contributed by atoms with Crippen molar-refractivity contribution in [1.29, 1.82) is 0 Å². The number of hydrogen-bond acceptors (Lipinski definition) is 5. The number of benzene rings is 1. The van der Waals surface area contributed by atoms with Gasteiger partial charge in [0.05, 0.1) is 12.1 Å². The van der Waals surface area contributed by atoms with Gasteiger partial charge in [-0.25, -0.2) is 0 Å². The first kappa shape index (κ1) is 20.9. The molecule has 0 amide bonds. The van der Waals surface area contributed by atoms with Gasteiger partial charge < -0.3 is 14.7 Å². The van der Waals surface area contributed by atoms with Crippen LogP contribution in [-0.4, -0.2) is 41.2 Å². The summed E-state index contributed by atoms with van der Waals surface area (Å²) in [6.45, 7) is -0.279. The van der Waals surface area contributed by atoms with Crippen molar-refractivity contribution in [3.63, 3.8) is 0 Å². The van der Waals surface area contributed by atoms with E-state index in [0.717, 1.165) is 0 Å². The lowest BCUT2D eigenvalue weighted by atomic mass is 9.70. The summed E-state index contributed by atoms with van der Waals surface area (Å²) in [6, 6.07) is 3.24. The molecule has 30 heavy (non-hydrogen) atoms. The Morgan fingerprint density at radius 3 is 2.13 bits per heavy atom. The van der Waals surface area contributed by atoms with Gasteiger partial charge in [0, 0.05) is 51.9 Å². The highest BCUT2D eigenvalue weighted by Crippen LogP contribution is 2.52. The molecular weight excluding hydrogens is 429 g/mol. The summed E-state index contributed by atoms with van der Waals surface area (Å²) < 4.78 is 5.54. The molecule has 4 rings (SSSR count). The molecule has 0 radical (unpaired) electrons. The number of carbonyl (C=O) groups is 3. The molecule has 8 heteroatoms. The molecule has 0 atom stereocenters. The number of hydrogen-bond donors (Lipinski definition) is 1. The number of aliphatic carboxylic acids is 1. The third-order valence-corrected chi connectivity index (χ3v) is 6.43. The first-order valence-electron chi connectivity index (χ1n) is 9.88. The second kappa shape index (κ2) is 8.08. The van der Waals surface area contributed by atoms with Gasteiger partial charge >= 0.3 is 5.97 Å². The average molecular weight is 450 g/mol. The number of Topliss-reactive ketones (excluding diaryl/α,β-unsaturated/α-hetero) is 2.